The summed E-state index contributed by atoms with van der Waals surface area (Å²) >= 11 is 5.10. The van der Waals surface area contributed by atoms with Gasteiger partial charge in [0.2, 0.25) is 5.91 Å². The molecule has 8 heteroatoms. The van der Waals surface area contributed by atoms with Crippen molar-refractivity contribution in [1.29, 1.82) is 0 Å². The fourth-order valence-corrected chi connectivity index (χ4v) is 2.10. The van der Waals surface area contributed by atoms with E-state index in [-0.39, 0.29) is 28.6 Å². The zero-order valence-corrected chi connectivity index (χ0v) is 14.9. The highest BCUT2D eigenvalue weighted by Crippen LogP contribution is 2.28. The van der Waals surface area contributed by atoms with E-state index in [0.29, 0.717) is 17.1 Å². The average Bonchev–Trinajstić information content (AvgIpc) is 3.10. The lowest BCUT2D eigenvalue weighted by Gasteiger charge is -2.14. The Balaban J connectivity index is 2.07. The van der Waals surface area contributed by atoms with E-state index in [9.17, 15) is 9.59 Å². The number of rotatable bonds is 5. The Morgan fingerprint density at radius 2 is 1.96 bits per heavy atom. The molecule has 0 unspecified atom stereocenters. The average molecular weight is 361 g/mol. The number of anilines is 2. The van der Waals surface area contributed by atoms with Crippen molar-refractivity contribution < 1.29 is 18.7 Å². The molecule has 132 valence electrons. The molecule has 0 aliphatic heterocycles. The summed E-state index contributed by atoms with van der Waals surface area (Å²) in [6.07, 6.45) is 1.42. The molecule has 2 aromatic rings. The zero-order valence-electron chi connectivity index (χ0n) is 14.1. The first kappa shape index (κ1) is 18.5. The highest BCUT2D eigenvalue weighted by atomic mass is 32.1. The number of carbonyl (C=O) groups is 2. The minimum absolute atomic E-state index is 0.173. The van der Waals surface area contributed by atoms with Gasteiger partial charge in [-0.2, -0.15) is 0 Å². The van der Waals surface area contributed by atoms with Crippen LogP contribution >= 0.6 is 12.2 Å². The molecule has 7 nitrogen and oxygen atoms in total. The third-order valence-electron chi connectivity index (χ3n) is 3.21. The largest absolute Gasteiger partial charge is 0.494 e. The third-order valence-corrected chi connectivity index (χ3v) is 3.42. The van der Waals surface area contributed by atoms with Gasteiger partial charge in [-0.3, -0.25) is 9.59 Å². The normalized spacial score (nSPS) is 10.2. The molecular formula is C17H19N3O4S. The molecule has 1 heterocycles. The van der Waals surface area contributed by atoms with Crippen LogP contribution in [0.5, 0.6) is 5.75 Å². The van der Waals surface area contributed by atoms with Crippen LogP contribution in [0.25, 0.3) is 0 Å². The van der Waals surface area contributed by atoms with Gasteiger partial charge >= 0.3 is 0 Å². The second kappa shape index (κ2) is 8.29. The topological polar surface area (TPSA) is 92.6 Å². The fourth-order valence-electron chi connectivity index (χ4n) is 1.88. The molecular weight excluding hydrogens is 342 g/mol. The summed E-state index contributed by atoms with van der Waals surface area (Å²) in [5, 5.41) is 8.38. The number of hydrogen-bond donors (Lipinski definition) is 3. The molecule has 0 fully saturated rings. The molecule has 1 aromatic heterocycles. The maximum Gasteiger partial charge on any atom is 0.291 e. The molecule has 0 saturated carbocycles. The number of benzene rings is 1. The molecule has 0 spiro atoms. The van der Waals surface area contributed by atoms with E-state index in [1.54, 1.807) is 44.2 Å². The SMILES string of the molecule is COc1cc(NC(=S)NC(=O)C(C)C)ccc1NC(=O)c1ccco1. The monoisotopic (exact) mass is 361 g/mol. The van der Waals surface area contributed by atoms with Gasteiger partial charge in [0, 0.05) is 17.7 Å². The van der Waals surface area contributed by atoms with Crippen LogP contribution in [0, 0.1) is 5.92 Å². The molecule has 25 heavy (non-hydrogen) atoms. The van der Waals surface area contributed by atoms with E-state index in [1.165, 1.54) is 13.4 Å². The van der Waals surface area contributed by atoms with E-state index in [0.717, 1.165) is 0 Å². The van der Waals surface area contributed by atoms with Crippen LogP contribution in [0.1, 0.15) is 24.4 Å². The van der Waals surface area contributed by atoms with Crippen LogP contribution in [-0.4, -0.2) is 24.0 Å². The van der Waals surface area contributed by atoms with Gasteiger partial charge in [0.1, 0.15) is 5.75 Å². The molecule has 0 bridgehead atoms. The van der Waals surface area contributed by atoms with Gasteiger partial charge in [-0.25, -0.2) is 0 Å². The minimum Gasteiger partial charge on any atom is -0.494 e. The molecule has 1 aromatic carbocycles. The van der Waals surface area contributed by atoms with E-state index < -0.39 is 0 Å². The first-order chi connectivity index (χ1) is 11.9. The number of carbonyl (C=O) groups excluding carboxylic acids is 2. The van der Waals surface area contributed by atoms with Gasteiger partial charge in [0.15, 0.2) is 10.9 Å². The highest BCUT2D eigenvalue weighted by molar-refractivity contribution is 7.80. The Bertz CT molecular complexity index is 772. The molecule has 0 aliphatic rings. The number of methoxy groups -OCH3 is 1. The molecule has 3 N–H and O–H groups in total. The predicted molar refractivity (Wildman–Crippen MR) is 98.9 cm³/mol. The third kappa shape index (κ3) is 5.05. The number of nitrogens with one attached hydrogen (secondary N) is 3. The molecule has 0 atom stereocenters. The number of thiocarbonyl (C=S) groups is 1. The first-order valence-electron chi connectivity index (χ1n) is 7.55. The van der Waals surface area contributed by atoms with Crippen LogP contribution in [0.15, 0.2) is 41.0 Å². The molecule has 0 saturated heterocycles. The summed E-state index contributed by atoms with van der Waals surface area (Å²) in [7, 11) is 1.49. The Labute approximate surface area is 150 Å². The Kier molecular flexibility index (Phi) is 6.13. The number of ether oxygens (including phenoxy) is 1. The molecule has 2 amide bonds. The van der Waals surface area contributed by atoms with E-state index in [4.69, 9.17) is 21.4 Å². The van der Waals surface area contributed by atoms with Crippen molar-refractivity contribution >= 4 is 40.5 Å². The van der Waals surface area contributed by atoms with Gasteiger partial charge < -0.3 is 25.1 Å². The maximum absolute atomic E-state index is 12.0. The van der Waals surface area contributed by atoms with Crippen molar-refractivity contribution in [2.24, 2.45) is 5.92 Å². The van der Waals surface area contributed by atoms with Crippen LogP contribution in [0.2, 0.25) is 0 Å². The lowest BCUT2D eigenvalue weighted by Crippen LogP contribution is -2.36. The van der Waals surface area contributed by atoms with E-state index in [1.807, 2.05) is 0 Å². The highest BCUT2D eigenvalue weighted by Gasteiger charge is 2.13. The van der Waals surface area contributed by atoms with E-state index >= 15 is 0 Å². The van der Waals surface area contributed by atoms with Gasteiger partial charge in [-0.1, -0.05) is 13.8 Å². The second-order valence-corrected chi connectivity index (χ2v) is 5.85. The fraction of sp³-hybridized carbons (Fsp3) is 0.235. The van der Waals surface area contributed by atoms with Crippen LogP contribution in [-0.2, 0) is 4.79 Å². The lowest BCUT2D eigenvalue weighted by molar-refractivity contribution is -0.122. The van der Waals surface area contributed by atoms with E-state index in [2.05, 4.69) is 16.0 Å². The summed E-state index contributed by atoms with van der Waals surface area (Å²) < 4.78 is 10.3. The van der Waals surface area contributed by atoms with Crippen LogP contribution < -0.4 is 20.7 Å². The summed E-state index contributed by atoms with van der Waals surface area (Å²) in [5.74, 6) is -0.103. The number of hydrogen-bond acceptors (Lipinski definition) is 5. The summed E-state index contributed by atoms with van der Waals surface area (Å²) in [5.41, 5.74) is 1.09. The maximum atomic E-state index is 12.0. The summed E-state index contributed by atoms with van der Waals surface area (Å²) in [6, 6.07) is 8.22. The Morgan fingerprint density at radius 1 is 1.20 bits per heavy atom. The van der Waals surface area contributed by atoms with Gasteiger partial charge in [-0.15, -0.1) is 0 Å². The smallest absolute Gasteiger partial charge is 0.291 e. The van der Waals surface area contributed by atoms with Gasteiger partial charge in [0.25, 0.3) is 5.91 Å². The summed E-state index contributed by atoms with van der Waals surface area (Å²) in [6.45, 7) is 3.55. The minimum atomic E-state index is -0.385. The van der Waals surface area contributed by atoms with Gasteiger partial charge in [0.05, 0.1) is 19.1 Å². The molecule has 2 rings (SSSR count). The van der Waals surface area contributed by atoms with Crippen molar-refractivity contribution in [1.82, 2.24) is 5.32 Å². The Morgan fingerprint density at radius 3 is 2.56 bits per heavy atom. The van der Waals surface area contributed by atoms with Gasteiger partial charge in [-0.05, 0) is 36.5 Å². The predicted octanol–water partition coefficient (Wildman–Crippen LogP) is 3.01. The van der Waals surface area contributed by atoms with Crippen molar-refractivity contribution in [3.8, 4) is 5.75 Å². The molecule has 0 aliphatic carbocycles. The van der Waals surface area contributed by atoms with Crippen LogP contribution in [0.3, 0.4) is 0 Å². The standard InChI is InChI=1S/C17H19N3O4S/c1-10(2)15(21)20-17(25)18-11-6-7-12(14(9-11)23-3)19-16(22)13-5-4-8-24-13/h4-10H,1-3H3,(H,19,22)(H2,18,20,21,25). The van der Waals surface area contributed by atoms with Crippen molar-refractivity contribution in [2.45, 2.75) is 13.8 Å². The quantitative estimate of drug-likeness (QED) is 0.709. The number of furan rings is 1. The van der Waals surface area contributed by atoms with Crippen molar-refractivity contribution in [3.63, 3.8) is 0 Å². The van der Waals surface area contributed by atoms with Crippen LogP contribution in [0.4, 0.5) is 11.4 Å². The molecule has 0 radical (unpaired) electrons. The van der Waals surface area contributed by atoms with Crippen molar-refractivity contribution in [3.05, 3.63) is 42.4 Å². The first-order valence-corrected chi connectivity index (χ1v) is 7.96. The number of amides is 2. The Hall–Kier alpha value is -2.87. The lowest BCUT2D eigenvalue weighted by atomic mass is 10.2. The summed E-state index contributed by atoms with van der Waals surface area (Å²) in [4.78, 5) is 23.7. The van der Waals surface area contributed by atoms with Crippen molar-refractivity contribution in [2.75, 3.05) is 17.7 Å². The second-order valence-electron chi connectivity index (χ2n) is 5.44. The zero-order chi connectivity index (χ0) is 18.4.